The first-order valence-corrected chi connectivity index (χ1v) is 16.1. The minimum absolute atomic E-state index is 0.0193. The summed E-state index contributed by atoms with van der Waals surface area (Å²) in [6.45, 7) is 8.68. The van der Waals surface area contributed by atoms with Gasteiger partial charge in [0.25, 0.3) is 6.43 Å². The Morgan fingerprint density at radius 1 is 1.00 bits per heavy atom. The van der Waals surface area contributed by atoms with Crippen LogP contribution in [0, 0.1) is 11.3 Å². The maximum Gasteiger partial charge on any atom is 0.321 e. The molecule has 4 aliphatic heterocycles. The lowest BCUT2D eigenvalue weighted by molar-refractivity contribution is -0.142. The average Bonchev–Trinajstić information content (AvgIpc) is 3.54. The Bertz CT molecular complexity index is 1090. The van der Waals surface area contributed by atoms with Gasteiger partial charge in [0, 0.05) is 55.6 Å². The normalized spacial score (nSPS) is 33.6. The van der Waals surface area contributed by atoms with Crippen molar-refractivity contribution in [1.82, 2.24) is 19.6 Å². The van der Waals surface area contributed by atoms with Gasteiger partial charge >= 0.3 is 6.03 Å². The van der Waals surface area contributed by atoms with Crippen molar-refractivity contribution in [1.29, 1.82) is 0 Å². The number of rotatable bonds is 7. The van der Waals surface area contributed by atoms with Gasteiger partial charge in [-0.15, -0.1) is 0 Å². The highest BCUT2D eigenvalue weighted by Gasteiger charge is 2.58. The molecule has 0 N–H and O–H groups in total. The number of hydrogen-bond acceptors (Lipinski definition) is 3. The summed E-state index contributed by atoms with van der Waals surface area (Å²) >= 11 is 0. The molecule has 1 aromatic rings. The minimum atomic E-state index is -2.52. The summed E-state index contributed by atoms with van der Waals surface area (Å²) in [4.78, 5) is 35.4. The number of fused-ring (bicyclic) bond motifs is 2. The zero-order valence-corrected chi connectivity index (χ0v) is 25.1. The highest BCUT2D eigenvalue weighted by molar-refractivity contribution is 5.83. The molecule has 3 amide bonds. The van der Waals surface area contributed by atoms with Gasteiger partial charge in [0.05, 0.1) is 12.1 Å². The molecule has 5 aliphatic rings. The Morgan fingerprint density at radius 2 is 1.66 bits per heavy atom. The van der Waals surface area contributed by atoms with E-state index in [0.717, 1.165) is 71.0 Å². The quantitative estimate of drug-likeness (QED) is 0.406. The van der Waals surface area contributed by atoms with E-state index in [1.165, 1.54) is 16.9 Å². The molecule has 0 aromatic heterocycles. The molecule has 4 atom stereocenters. The topological polar surface area (TPSA) is 47.1 Å². The van der Waals surface area contributed by atoms with Crippen LogP contribution in [0.4, 0.5) is 13.6 Å². The largest absolute Gasteiger partial charge is 0.341 e. The van der Waals surface area contributed by atoms with E-state index < -0.39 is 13.0 Å². The van der Waals surface area contributed by atoms with Crippen molar-refractivity contribution in [2.24, 2.45) is 11.3 Å². The van der Waals surface area contributed by atoms with Crippen LogP contribution in [-0.2, 0) is 4.79 Å². The fourth-order valence-corrected chi connectivity index (χ4v) is 9.47. The second kappa shape index (κ2) is 11.1. The molecule has 41 heavy (non-hydrogen) atoms. The molecule has 4 heterocycles. The number of amides is 3. The van der Waals surface area contributed by atoms with E-state index in [-0.39, 0.29) is 23.0 Å². The highest BCUT2D eigenvalue weighted by Crippen LogP contribution is 2.49. The monoisotopic (exact) mass is 570 g/mol. The zero-order chi connectivity index (χ0) is 28.9. The highest BCUT2D eigenvalue weighted by atomic mass is 19.3. The maximum atomic E-state index is 13.9. The molecule has 1 saturated carbocycles. The Labute approximate surface area is 244 Å². The van der Waals surface area contributed by atoms with Gasteiger partial charge in [0.15, 0.2) is 0 Å². The van der Waals surface area contributed by atoms with Crippen LogP contribution in [-0.4, -0.2) is 94.4 Å². The summed E-state index contributed by atoms with van der Waals surface area (Å²) in [5.74, 6) is 1.01. The van der Waals surface area contributed by atoms with E-state index in [9.17, 15) is 18.4 Å². The standard InChI is InChI=1S/C33H48F2N4O2/c1-23(2)39-31(41)37(21-29(34)35)22-33(39)16-26-12-13-27(17-33)38(26)19-25-18-36(20-28(25)24-10-6-4-7-11-24)30(40)32(3)14-8-5-9-15-32/h4,6-7,10-11,23,25-29H,5,8-9,12-22H2,1-3H3/t25-,26?,27?,28-,33?/m1/s1. The van der Waals surface area contributed by atoms with E-state index in [2.05, 4.69) is 47.1 Å². The van der Waals surface area contributed by atoms with Gasteiger partial charge in [-0.25, -0.2) is 13.6 Å². The number of nitrogens with zero attached hydrogens (tertiary/aromatic N) is 4. The summed E-state index contributed by atoms with van der Waals surface area (Å²) in [5.41, 5.74) is 0.719. The predicted molar refractivity (Wildman–Crippen MR) is 156 cm³/mol. The molecule has 1 aromatic carbocycles. The second-order valence-electron chi connectivity index (χ2n) is 14.3. The molecule has 1 spiro atoms. The molecule has 2 bridgehead atoms. The first-order chi connectivity index (χ1) is 19.6. The summed E-state index contributed by atoms with van der Waals surface area (Å²) in [5, 5.41) is 0. The third kappa shape index (κ3) is 5.27. The van der Waals surface area contributed by atoms with Crippen LogP contribution in [0.25, 0.3) is 0 Å². The van der Waals surface area contributed by atoms with Crippen LogP contribution >= 0.6 is 0 Å². The Balaban J connectivity index is 1.21. The Hall–Kier alpha value is -2.22. The van der Waals surface area contributed by atoms with Gasteiger partial charge in [-0.3, -0.25) is 9.69 Å². The number of alkyl halides is 2. The van der Waals surface area contributed by atoms with Gasteiger partial charge in [-0.1, -0.05) is 56.5 Å². The van der Waals surface area contributed by atoms with Gasteiger partial charge in [-0.05, 0) is 63.9 Å². The maximum absolute atomic E-state index is 13.9. The van der Waals surface area contributed by atoms with Crippen molar-refractivity contribution in [2.45, 2.75) is 115 Å². The fourth-order valence-electron chi connectivity index (χ4n) is 9.47. The van der Waals surface area contributed by atoms with Crippen molar-refractivity contribution in [3.8, 4) is 0 Å². The molecule has 6 rings (SSSR count). The smallest absolute Gasteiger partial charge is 0.321 e. The van der Waals surface area contributed by atoms with E-state index in [0.29, 0.717) is 36.4 Å². The molecule has 226 valence electrons. The molecule has 6 nitrogen and oxygen atoms in total. The van der Waals surface area contributed by atoms with Crippen LogP contribution in [0.3, 0.4) is 0 Å². The molecular weight excluding hydrogens is 522 g/mol. The molecule has 2 unspecified atom stereocenters. The van der Waals surface area contributed by atoms with E-state index in [4.69, 9.17) is 0 Å². The molecule has 1 aliphatic carbocycles. The number of likely N-dealkylation sites (tertiary alicyclic amines) is 1. The lowest BCUT2D eigenvalue weighted by atomic mass is 9.74. The minimum Gasteiger partial charge on any atom is -0.341 e. The lowest BCUT2D eigenvalue weighted by Crippen LogP contribution is -2.60. The van der Waals surface area contributed by atoms with Gasteiger partial charge in [0.2, 0.25) is 5.91 Å². The predicted octanol–water partition coefficient (Wildman–Crippen LogP) is 5.98. The third-order valence-electron chi connectivity index (χ3n) is 11.2. The van der Waals surface area contributed by atoms with Crippen molar-refractivity contribution < 1.29 is 18.4 Å². The summed E-state index contributed by atoms with van der Waals surface area (Å²) in [6, 6.07) is 11.1. The van der Waals surface area contributed by atoms with Crippen LogP contribution in [0.15, 0.2) is 30.3 Å². The number of piperidine rings is 1. The number of hydrogen-bond donors (Lipinski definition) is 0. The number of halogens is 2. The molecule has 4 saturated heterocycles. The van der Waals surface area contributed by atoms with Crippen LogP contribution in [0.5, 0.6) is 0 Å². The molecule has 0 radical (unpaired) electrons. The van der Waals surface area contributed by atoms with E-state index in [1.807, 2.05) is 18.7 Å². The van der Waals surface area contributed by atoms with Crippen molar-refractivity contribution >= 4 is 11.9 Å². The van der Waals surface area contributed by atoms with Gasteiger partial charge in [0.1, 0.15) is 0 Å². The van der Waals surface area contributed by atoms with E-state index in [1.54, 1.807) is 0 Å². The molecular formula is C33H48F2N4O2. The number of carbonyl (C=O) groups excluding carboxylic acids is 2. The summed E-state index contributed by atoms with van der Waals surface area (Å²) in [7, 11) is 0. The summed E-state index contributed by atoms with van der Waals surface area (Å²) in [6.07, 6.45) is 6.86. The van der Waals surface area contributed by atoms with Crippen molar-refractivity contribution in [2.75, 3.05) is 32.7 Å². The van der Waals surface area contributed by atoms with Gasteiger partial charge in [-0.2, -0.15) is 0 Å². The Kier molecular flexibility index (Phi) is 7.84. The average molecular weight is 571 g/mol. The first kappa shape index (κ1) is 28.9. The second-order valence-corrected chi connectivity index (χ2v) is 14.3. The SMILES string of the molecule is CC(C)N1C(=O)N(CC(F)F)CC12CC1CCC(C2)N1C[C@H]1CN(C(=O)C2(C)CCCCC2)C[C@@H]1c1ccccc1. The molecule has 5 fully saturated rings. The van der Waals surface area contributed by atoms with Gasteiger partial charge < -0.3 is 14.7 Å². The van der Waals surface area contributed by atoms with Crippen molar-refractivity contribution in [3.63, 3.8) is 0 Å². The van der Waals surface area contributed by atoms with Crippen LogP contribution in [0.2, 0.25) is 0 Å². The number of carbonyl (C=O) groups is 2. The van der Waals surface area contributed by atoms with E-state index >= 15 is 0 Å². The first-order valence-electron chi connectivity index (χ1n) is 16.1. The third-order valence-corrected chi connectivity index (χ3v) is 11.2. The number of benzene rings is 1. The zero-order valence-electron chi connectivity index (χ0n) is 25.1. The van der Waals surface area contributed by atoms with Crippen molar-refractivity contribution in [3.05, 3.63) is 35.9 Å². The number of urea groups is 1. The lowest BCUT2D eigenvalue weighted by Gasteiger charge is -2.50. The fraction of sp³-hybridized carbons (Fsp3) is 0.758. The van der Waals surface area contributed by atoms with Crippen LogP contribution < -0.4 is 0 Å². The Morgan fingerprint density at radius 3 is 2.27 bits per heavy atom. The summed E-state index contributed by atoms with van der Waals surface area (Å²) < 4.78 is 26.7. The van der Waals surface area contributed by atoms with Crippen LogP contribution in [0.1, 0.15) is 90.0 Å². The molecule has 8 heteroatoms.